The first-order valence-electron chi connectivity index (χ1n) is 8.89. The van der Waals surface area contributed by atoms with Gasteiger partial charge < -0.3 is 20.8 Å². The molecule has 0 saturated heterocycles. The van der Waals surface area contributed by atoms with Gasteiger partial charge in [0.15, 0.2) is 0 Å². The number of amides is 2. The highest BCUT2D eigenvalue weighted by Gasteiger charge is 2.19. The molecule has 1 atom stereocenters. The normalized spacial score (nSPS) is 12.3. The van der Waals surface area contributed by atoms with Crippen LogP contribution in [0.15, 0.2) is 54.6 Å². The minimum Gasteiger partial charge on any atom is -0.396 e. The van der Waals surface area contributed by atoms with Crippen molar-refractivity contribution in [1.82, 2.24) is 5.32 Å². The minimum absolute atomic E-state index is 0.00857. The van der Waals surface area contributed by atoms with Gasteiger partial charge in [0.1, 0.15) is 0 Å². The average molecular weight is 370 g/mol. The topological polar surface area (TPSA) is 98.7 Å². The molecule has 27 heavy (non-hydrogen) atoms. The summed E-state index contributed by atoms with van der Waals surface area (Å²) in [5, 5.41) is 24.5. The van der Waals surface area contributed by atoms with Crippen LogP contribution in [0.3, 0.4) is 0 Å². The van der Waals surface area contributed by atoms with E-state index >= 15 is 0 Å². The molecule has 0 spiro atoms. The first-order chi connectivity index (χ1) is 12.8. The maximum Gasteiger partial charge on any atom is 0.313 e. The largest absolute Gasteiger partial charge is 0.396 e. The van der Waals surface area contributed by atoms with Gasteiger partial charge in [0, 0.05) is 24.8 Å². The first kappa shape index (κ1) is 20.6. The van der Waals surface area contributed by atoms with Crippen molar-refractivity contribution in [3.63, 3.8) is 0 Å². The van der Waals surface area contributed by atoms with Gasteiger partial charge in [-0.05, 0) is 43.5 Å². The van der Waals surface area contributed by atoms with E-state index in [1.165, 1.54) is 0 Å². The molecule has 0 aliphatic heterocycles. The Morgan fingerprint density at radius 3 is 2.37 bits per heavy atom. The maximum atomic E-state index is 12.1. The van der Waals surface area contributed by atoms with E-state index in [0.717, 1.165) is 5.56 Å². The number of carbonyl (C=O) groups is 2. The quantitative estimate of drug-likeness (QED) is 0.561. The van der Waals surface area contributed by atoms with E-state index in [4.69, 9.17) is 0 Å². The molecule has 0 fully saturated rings. The molecule has 0 aliphatic carbocycles. The Morgan fingerprint density at radius 1 is 1.04 bits per heavy atom. The molecule has 2 rings (SSSR count). The Hall–Kier alpha value is -2.70. The first-order valence-corrected chi connectivity index (χ1v) is 8.89. The van der Waals surface area contributed by atoms with Crippen molar-refractivity contribution in [2.45, 2.75) is 31.8 Å². The molecule has 0 unspecified atom stereocenters. The number of benzene rings is 2. The van der Waals surface area contributed by atoms with Gasteiger partial charge in [-0.15, -0.1) is 0 Å². The molecule has 2 amide bonds. The van der Waals surface area contributed by atoms with Crippen LogP contribution in [-0.4, -0.2) is 35.2 Å². The van der Waals surface area contributed by atoms with Crippen LogP contribution in [0.4, 0.5) is 5.69 Å². The van der Waals surface area contributed by atoms with Gasteiger partial charge in [-0.1, -0.05) is 42.5 Å². The molecule has 0 aliphatic rings. The second-order valence-electron chi connectivity index (χ2n) is 6.92. The van der Waals surface area contributed by atoms with Crippen LogP contribution in [0.2, 0.25) is 0 Å². The number of aliphatic hydroxyl groups is 2. The van der Waals surface area contributed by atoms with E-state index in [9.17, 15) is 19.8 Å². The summed E-state index contributed by atoms with van der Waals surface area (Å²) in [5.74, 6) is -1.60. The lowest BCUT2D eigenvalue weighted by Crippen LogP contribution is -2.37. The number of carbonyl (C=O) groups excluding carboxylic acids is 2. The van der Waals surface area contributed by atoms with Crippen molar-refractivity contribution in [2.24, 2.45) is 0 Å². The van der Waals surface area contributed by atoms with Crippen molar-refractivity contribution in [1.29, 1.82) is 0 Å². The monoisotopic (exact) mass is 370 g/mol. The molecule has 6 heteroatoms. The van der Waals surface area contributed by atoms with E-state index in [1.54, 1.807) is 38.1 Å². The molecule has 2 aromatic carbocycles. The summed E-state index contributed by atoms with van der Waals surface area (Å²) in [6.45, 7) is 3.53. The molecule has 0 heterocycles. The molecule has 4 N–H and O–H groups in total. The smallest absolute Gasteiger partial charge is 0.313 e. The Morgan fingerprint density at radius 2 is 1.74 bits per heavy atom. The third kappa shape index (κ3) is 6.20. The Kier molecular flexibility index (Phi) is 7.10. The van der Waals surface area contributed by atoms with Gasteiger partial charge in [0.25, 0.3) is 0 Å². The predicted octanol–water partition coefficient (Wildman–Crippen LogP) is 2.13. The third-order valence-electron chi connectivity index (χ3n) is 4.29. The van der Waals surface area contributed by atoms with E-state index in [0.29, 0.717) is 17.7 Å². The van der Waals surface area contributed by atoms with Crippen molar-refractivity contribution < 1.29 is 19.8 Å². The van der Waals surface area contributed by atoms with Gasteiger partial charge >= 0.3 is 11.8 Å². The molecule has 0 saturated carbocycles. The maximum absolute atomic E-state index is 12.1. The highest BCUT2D eigenvalue weighted by atomic mass is 16.3. The Labute approximate surface area is 159 Å². The summed E-state index contributed by atoms with van der Waals surface area (Å²) in [5.41, 5.74) is 1.01. The van der Waals surface area contributed by atoms with Crippen LogP contribution < -0.4 is 10.6 Å². The molecular weight excluding hydrogens is 344 g/mol. The third-order valence-corrected chi connectivity index (χ3v) is 4.29. The lowest BCUT2D eigenvalue weighted by atomic mass is 9.96. The summed E-state index contributed by atoms with van der Waals surface area (Å²) in [4.78, 5) is 24.3. The van der Waals surface area contributed by atoms with E-state index in [1.807, 2.05) is 30.3 Å². The minimum atomic E-state index is -1.05. The van der Waals surface area contributed by atoms with E-state index in [-0.39, 0.29) is 19.1 Å². The number of hydrogen-bond donors (Lipinski definition) is 4. The number of anilines is 1. The highest BCUT2D eigenvalue weighted by Crippen LogP contribution is 2.22. The molecule has 2 aromatic rings. The van der Waals surface area contributed by atoms with Gasteiger partial charge in [0.2, 0.25) is 0 Å². The second kappa shape index (κ2) is 9.30. The van der Waals surface area contributed by atoms with Crippen molar-refractivity contribution >= 4 is 17.5 Å². The Balaban J connectivity index is 1.96. The fraction of sp³-hybridized carbons (Fsp3) is 0.333. The summed E-state index contributed by atoms with van der Waals surface area (Å²) in [7, 11) is 0. The molecule has 0 bridgehead atoms. The van der Waals surface area contributed by atoms with E-state index in [2.05, 4.69) is 10.6 Å². The molecule has 0 aromatic heterocycles. The van der Waals surface area contributed by atoms with Crippen LogP contribution in [0.1, 0.15) is 37.3 Å². The molecule has 144 valence electrons. The van der Waals surface area contributed by atoms with Crippen LogP contribution in [0, 0.1) is 0 Å². The van der Waals surface area contributed by atoms with Crippen molar-refractivity contribution in [2.75, 3.05) is 18.5 Å². The zero-order chi connectivity index (χ0) is 19.9. The Bertz CT molecular complexity index is 769. The summed E-state index contributed by atoms with van der Waals surface area (Å²) in [6, 6.07) is 16.3. The predicted molar refractivity (Wildman–Crippen MR) is 104 cm³/mol. The lowest BCUT2D eigenvalue weighted by Gasteiger charge is -2.19. The molecule has 6 nitrogen and oxygen atoms in total. The molecule has 0 radical (unpaired) electrons. The summed E-state index contributed by atoms with van der Waals surface area (Å²) < 4.78 is 0. The highest BCUT2D eigenvalue weighted by molar-refractivity contribution is 6.39. The van der Waals surface area contributed by atoms with Crippen molar-refractivity contribution in [3.05, 3.63) is 65.7 Å². The summed E-state index contributed by atoms with van der Waals surface area (Å²) >= 11 is 0. The van der Waals surface area contributed by atoms with Crippen LogP contribution in [0.25, 0.3) is 0 Å². The second-order valence-corrected chi connectivity index (χ2v) is 6.92. The number of rotatable bonds is 7. The van der Waals surface area contributed by atoms with Crippen LogP contribution >= 0.6 is 0 Å². The standard InChI is InChI=1S/C21H26N2O4/c1-21(2,27)17-9-6-10-18(13-17)23-20(26)19(25)22-14-16(11-12-24)15-7-4-3-5-8-15/h3-10,13,16,24,27H,11-12,14H2,1-2H3,(H,22,25)(H,23,26)/t16-/m0/s1. The van der Waals surface area contributed by atoms with Crippen LogP contribution in [-0.2, 0) is 15.2 Å². The van der Waals surface area contributed by atoms with E-state index < -0.39 is 17.4 Å². The summed E-state index contributed by atoms with van der Waals surface area (Å²) in [6.07, 6.45) is 0.486. The zero-order valence-electron chi connectivity index (χ0n) is 15.6. The lowest BCUT2D eigenvalue weighted by molar-refractivity contribution is -0.136. The fourth-order valence-corrected chi connectivity index (χ4v) is 2.73. The van der Waals surface area contributed by atoms with Crippen molar-refractivity contribution in [3.8, 4) is 0 Å². The molecular formula is C21H26N2O4. The average Bonchev–Trinajstić information content (AvgIpc) is 2.65. The van der Waals surface area contributed by atoms with Gasteiger partial charge in [0.05, 0.1) is 5.60 Å². The number of nitrogens with one attached hydrogen (secondary N) is 2. The van der Waals surface area contributed by atoms with Gasteiger partial charge in [-0.3, -0.25) is 9.59 Å². The SMILES string of the molecule is CC(C)(O)c1cccc(NC(=O)C(=O)NC[C@H](CCO)c2ccccc2)c1. The van der Waals surface area contributed by atoms with Gasteiger partial charge in [-0.2, -0.15) is 0 Å². The zero-order valence-corrected chi connectivity index (χ0v) is 15.6. The van der Waals surface area contributed by atoms with Gasteiger partial charge in [-0.25, -0.2) is 0 Å². The number of aliphatic hydroxyl groups excluding tert-OH is 1. The van der Waals surface area contributed by atoms with Crippen LogP contribution in [0.5, 0.6) is 0 Å². The number of hydrogen-bond acceptors (Lipinski definition) is 4. The fourth-order valence-electron chi connectivity index (χ4n) is 2.73.